The molecule has 0 unspecified atom stereocenters. The van der Waals surface area contributed by atoms with E-state index in [-0.39, 0.29) is 0 Å². The standard InChI is InChI=1S/C23H27N3O/c1-25(17-21-20-15-24-12-11-18(20)9-10-23(21)27)16-19-7-3-4-8-22(19)26-13-5-2-6-14-26/h3-4,7-12,15,27H,2,5-6,13-14,16-17H2,1H3. The second-order valence-electron chi connectivity index (χ2n) is 7.51. The summed E-state index contributed by atoms with van der Waals surface area (Å²) < 4.78 is 0. The molecule has 0 spiro atoms. The predicted octanol–water partition coefficient (Wildman–Crippen LogP) is 4.56. The van der Waals surface area contributed by atoms with Gasteiger partial charge in [0.15, 0.2) is 0 Å². The quantitative estimate of drug-likeness (QED) is 0.723. The van der Waals surface area contributed by atoms with Crippen LogP contribution >= 0.6 is 0 Å². The summed E-state index contributed by atoms with van der Waals surface area (Å²) in [4.78, 5) is 9.03. The first kappa shape index (κ1) is 17.8. The van der Waals surface area contributed by atoms with Crippen LogP contribution in [-0.2, 0) is 13.1 Å². The van der Waals surface area contributed by atoms with Gasteiger partial charge in [0.05, 0.1) is 0 Å². The van der Waals surface area contributed by atoms with Crippen molar-refractivity contribution in [3.63, 3.8) is 0 Å². The van der Waals surface area contributed by atoms with Crippen LogP contribution in [-0.4, -0.2) is 35.1 Å². The zero-order valence-electron chi connectivity index (χ0n) is 15.9. The summed E-state index contributed by atoms with van der Waals surface area (Å²) in [6, 6.07) is 14.4. The van der Waals surface area contributed by atoms with Crippen LogP contribution in [0.3, 0.4) is 0 Å². The van der Waals surface area contributed by atoms with Crippen molar-refractivity contribution in [3.05, 3.63) is 66.0 Å². The molecule has 1 aromatic heterocycles. The Kier molecular flexibility index (Phi) is 5.26. The van der Waals surface area contributed by atoms with Crippen LogP contribution in [0.4, 0.5) is 5.69 Å². The van der Waals surface area contributed by atoms with Crippen molar-refractivity contribution in [1.29, 1.82) is 0 Å². The van der Waals surface area contributed by atoms with Crippen LogP contribution in [0.1, 0.15) is 30.4 Å². The maximum atomic E-state index is 10.4. The summed E-state index contributed by atoms with van der Waals surface area (Å²) in [5.41, 5.74) is 3.64. The highest BCUT2D eigenvalue weighted by atomic mass is 16.3. The Balaban J connectivity index is 1.56. The molecule has 140 valence electrons. The van der Waals surface area contributed by atoms with Crippen molar-refractivity contribution in [3.8, 4) is 5.75 Å². The number of benzene rings is 2. The highest BCUT2D eigenvalue weighted by Crippen LogP contribution is 2.29. The maximum Gasteiger partial charge on any atom is 0.120 e. The molecule has 2 aromatic carbocycles. The number of aromatic nitrogens is 1. The second-order valence-corrected chi connectivity index (χ2v) is 7.51. The average Bonchev–Trinajstić information content (AvgIpc) is 2.71. The molecule has 1 saturated heterocycles. The lowest BCUT2D eigenvalue weighted by Gasteiger charge is -2.31. The molecule has 2 heterocycles. The van der Waals surface area contributed by atoms with Gasteiger partial charge in [-0.2, -0.15) is 0 Å². The number of hydrogen-bond acceptors (Lipinski definition) is 4. The van der Waals surface area contributed by atoms with Crippen molar-refractivity contribution < 1.29 is 5.11 Å². The number of hydrogen-bond donors (Lipinski definition) is 1. The number of phenols is 1. The van der Waals surface area contributed by atoms with Crippen molar-refractivity contribution in [2.75, 3.05) is 25.0 Å². The lowest BCUT2D eigenvalue weighted by Crippen LogP contribution is -2.31. The van der Waals surface area contributed by atoms with E-state index < -0.39 is 0 Å². The van der Waals surface area contributed by atoms with Gasteiger partial charge in [-0.25, -0.2) is 0 Å². The van der Waals surface area contributed by atoms with Gasteiger partial charge in [-0.15, -0.1) is 0 Å². The Morgan fingerprint density at radius 3 is 2.67 bits per heavy atom. The first-order chi connectivity index (χ1) is 13.2. The lowest BCUT2D eigenvalue weighted by atomic mass is 10.0. The van der Waals surface area contributed by atoms with Gasteiger partial charge in [0.25, 0.3) is 0 Å². The lowest BCUT2D eigenvalue weighted by molar-refractivity contribution is 0.314. The minimum Gasteiger partial charge on any atom is -0.508 e. The summed E-state index contributed by atoms with van der Waals surface area (Å²) in [5.74, 6) is 0.340. The summed E-state index contributed by atoms with van der Waals surface area (Å²) in [6.07, 6.45) is 7.54. The Hall–Kier alpha value is -2.59. The van der Waals surface area contributed by atoms with Crippen LogP contribution in [0.5, 0.6) is 5.75 Å². The molecule has 1 aliphatic heterocycles. The molecule has 0 aliphatic carbocycles. The first-order valence-corrected chi connectivity index (χ1v) is 9.78. The number of nitrogens with zero attached hydrogens (tertiary/aromatic N) is 3. The molecule has 0 saturated carbocycles. The number of para-hydroxylation sites is 1. The van der Waals surface area contributed by atoms with E-state index in [1.807, 2.05) is 18.3 Å². The van der Waals surface area contributed by atoms with Gasteiger partial charge < -0.3 is 10.0 Å². The maximum absolute atomic E-state index is 10.4. The molecule has 1 fully saturated rings. The number of pyridine rings is 1. The Morgan fingerprint density at radius 2 is 1.81 bits per heavy atom. The van der Waals surface area contributed by atoms with E-state index in [0.29, 0.717) is 12.3 Å². The van der Waals surface area contributed by atoms with E-state index in [9.17, 15) is 5.11 Å². The monoisotopic (exact) mass is 361 g/mol. The zero-order valence-corrected chi connectivity index (χ0v) is 15.9. The van der Waals surface area contributed by atoms with Gasteiger partial charge in [0.2, 0.25) is 0 Å². The molecule has 3 aromatic rings. The fourth-order valence-corrected chi connectivity index (χ4v) is 4.08. The first-order valence-electron chi connectivity index (χ1n) is 9.78. The number of phenolic OH excluding ortho intramolecular Hbond substituents is 1. The van der Waals surface area contributed by atoms with Crippen LogP contribution in [0.15, 0.2) is 54.9 Å². The number of anilines is 1. The molecule has 4 heteroatoms. The van der Waals surface area contributed by atoms with Crippen LogP contribution in [0.25, 0.3) is 10.8 Å². The molecular formula is C23H27N3O. The van der Waals surface area contributed by atoms with Crippen molar-refractivity contribution in [2.45, 2.75) is 32.4 Å². The third kappa shape index (κ3) is 3.91. The molecule has 27 heavy (non-hydrogen) atoms. The number of piperidine rings is 1. The topological polar surface area (TPSA) is 39.6 Å². The SMILES string of the molecule is CN(Cc1ccccc1N1CCCCC1)Cc1c(O)ccc2ccncc12. The van der Waals surface area contributed by atoms with Crippen LogP contribution in [0.2, 0.25) is 0 Å². The molecule has 4 rings (SSSR count). The Labute approximate surface area is 161 Å². The molecule has 0 bridgehead atoms. The van der Waals surface area contributed by atoms with E-state index in [2.05, 4.69) is 46.1 Å². The van der Waals surface area contributed by atoms with Crippen molar-refractivity contribution in [2.24, 2.45) is 0 Å². The molecule has 4 nitrogen and oxygen atoms in total. The van der Waals surface area contributed by atoms with E-state index in [1.54, 1.807) is 12.3 Å². The van der Waals surface area contributed by atoms with E-state index in [0.717, 1.165) is 36.0 Å². The third-order valence-electron chi connectivity index (χ3n) is 5.47. The molecule has 0 radical (unpaired) electrons. The Morgan fingerprint density at radius 1 is 1.00 bits per heavy atom. The molecule has 0 atom stereocenters. The second kappa shape index (κ2) is 7.97. The van der Waals surface area contributed by atoms with Crippen LogP contribution < -0.4 is 4.90 Å². The Bertz CT molecular complexity index is 918. The summed E-state index contributed by atoms with van der Waals surface area (Å²) in [7, 11) is 2.11. The molecular weight excluding hydrogens is 334 g/mol. The largest absolute Gasteiger partial charge is 0.508 e. The van der Waals surface area contributed by atoms with Gasteiger partial charge in [-0.1, -0.05) is 24.3 Å². The molecule has 1 aliphatic rings. The average molecular weight is 361 g/mol. The number of fused-ring (bicyclic) bond motifs is 1. The van der Waals surface area contributed by atoms with Gasteiger partial charge in [0.1, 0.15) is 5.75 Å². The highest BCUT2D eigenvalue weighted by Gasteiger charge is 2.16. The van der Waals surface area contributed by atoms with Gasteiger partial charge in [-0.05, 0) is 55.5 Å². The molecule has 1 N–H and O–H groups in total. The minimum atomic E-state index is 0.340. The van der Waals surface area contributed by atoms with Gasteiger partial charge >= 0.3 is 0 Å². The number of aromatic hydroxyl groups is 1. The fourth-order valence-electron chi connectivity index (χ4n) is 4.08. The smallest absolute Gasteiger partial charge is 0.120 e. The van der Waals surface area contributed by atoms with E-state index in [4.69, 9.17) is 0 Å². The predicted molar refractivity (Wildman–Crippen MR) is 111 cm³/mol. The fraction of sp³-hybridized carbons (Fsp3) is 0.348. The van der Waals surface area contributed by atoms with Gasteiger partial charge in [-0.3, -0.25) is 9.88 Å². The summed E-state index contributed by atoms with van der Waals surface area (Å²) in [5, 5.41) is 12.6. The van der Waals surface area contributed by atoms with Gasteiger partial charge in [0, 0.05) is 55.2 Å². The third-order valence-corrected chi connectivity index (χ3v) is 5.47. The minimum absolute atomic E-state index is 0.340. The van der Waals surface area contributed by atoms with E-state index in [1.165, 1.54) is 30.5 Å². The van der Waals surface area contributed by atoms with E-state index >= 15 is 0 Å². The highest BCUT2D eigenvalue weighted by molar-refractivity contribution is 5.86. The number of rotatable bonds is 5. The van der Waals surface area contributed by atoms with Crippen molar-refractivity contribution in [1.82, 2.24) is 9.88 Å². The molecule has 0 amide bonds. The summed E-state index contributed by atoms with van der Waals surface area (Å²) >= 11 is 0. The zero-order chi connectivity index (χ0) is 18.6. The summed E-state index contributed by atoms with van der Waals surface area (Å²) in [6.45, 7) is 3.83. The van der Waals surface area contributed by atoms with Crippen molar-refractivity contribution >= 4 is 16.5 Å². The van der Waals surface area contributed by atoms with Crippen LogP contribution in [0, 0.1) is 0 Å². The normalized spacial score (nSPS) is 14.8.